The molecule has 1 aliphatic heterocycles. The second-order valence-corrected chi connectivity index (χ2v) is 6.45. The molecule has 0 unspecified atom stereocenters. The lowest BCUT2D eigenvalue weighted by molar-refractivity contribution is 0.00578. The lowest BCUT2D eigenvalue weighted by atomic mass is 9.89. The maximum absolute atomic E-state index is 9.88. The van der Waals surface area contributed by atoms with Crippen LogP contribution < -0.4 is 5.73 Å². The van der Waals surface area contributed by atoms with Crippen LogP contribution in [-0.4, -0.2) is 28.4 Å². The van der Waals surface area contributed by atoms with Gasteiger partial charge in [-0.1, -0.05) is 12.1 Å². The molecule has 1 aliphatic rings. The van der Waals surface area contributed by atoms with E-state index >= 15 is 0 Å². The third-order valence-corrected chi connectivity index (χ3v) is 4.07. The smallest absolute Gasteiger partial charge is 0.487 e. The summed E-state index contributed by atoms with van der Waals surface area (Å²) in [5.41, 5.74) is 6.26. The van der Waals surface area contributed by atoms with E-state index in [1.54, 1.807) is 19.2 Å². The van der Waals surface area contributed by atoms with Gasteiger partial charge in [0.05, 0.1) is 16.9 Å². The molecule has 0 bridgehead atoms. The van der Waals surface area contributed by atoms with Crippen molar-refractivity contribution in [3.8, 4) is 5.75 Å². The minimum Gasteiger partial charge on any atom is -0.506 e. The van der Waals surface area contributed by atoms with E-state index in [2.05, 4.69) is 4.98 Å². The monoisotopic (exact) mass is 290 g/mol. The number of pyridine rings is 1. The maximum atomic E-state index is 9.88. The van der Waals surface area contributed by atoms with Gasteiger partial charge >= 0.3 is 7.12 Å². The van der Waals surface area contributed by atoms with Crippen LogP contribution >= 0.6 is 0 Å². The summed E-state index contributed by atoms with van der Waals surface area (Å²) in [6, 6.07) is 1.33. The molecule has 2 rings (SSSR count). The summed E-state index contributed by atoms with van der Waals surface area (Å²) < 4.78 is 11.7. The number of rotatable bonds is 3. The SMILES string of the molecule is C[C@H](N)c1ncc(/C=C/B2OC(C)(C)C(C)(C)O2)cc1O. The zero-order valence-electron chi connectivity index (χ0n) is 13.3. The Morgan fingerprint density at radius 2 is 1.86 bits per heavy atom. The standard InChI is InChI=1S/C15H23BN2O3/c1-10(17)13-12(19)8-11(9-18-13)6-7-16-20-14(2,3)15(4,5)21-16/h6-10,19H,17H2,1-5H3/b7-6+/t10-/m0/s1. The summed E-state index contributed by atoms with van der Waals surface area (Å²) in [5.74, 6) is 1.92. The molecule has 114 valence electrons. The highest BCUT2D eigenvalue weighted by Gasteiger charge is 2.49. The molecular formula is C15H23BN2O3. The number of nitrogens with two attached hydrogens (primary N) is 1. The van der Waals surface area contributed by atoms with Crippen molar-refractivity contribution in [2.45, 2.75) is 51.9 Å². The predicted molar refractivity (Wildman–Crippen MR) is 83.6 cm³/mol. The number of aromatic nitrogens is 1. The van der Waals surface area contributed by atoms with E-state index in [-0.39, 0.29) is 23.0 Å². The highest BCUT2D eigenvalue weighted by Crippen LogP contribution is 2.37. The molecule has 2 heterocycles. The average Bonchev–Trinajstić information content (AvgIpc) is 2.55. The zero-order valence-corrected chi connectivity index (χ0v) is 13.3. The van der Waals surface area contributed by atoms with E-state index in [1.165, 1.54) is 0 Å². The molecule has 1 atom stereocenters. The third kappa shape index (κ3) is 3.28. The van der Waals surface area contributed by atoms with Crippen molar-refractivity contribution >= 4 is 13.2 Å². The Morgan fingerprint density at radius 1 is 1.29 bits per heavy atom. The van der Waals surface area contributed by atoms with Crippen molar-refractivity contribution in [1.29, 1.82) is 0 Å². The van der Waals surface area contributed by atoms with Gasteiger partial charge in [0.15, 0.2) is 0 Å². The largest absolute Gasteiger partial charge is 0.506 e. The minimum atomic E-state index is -0.412. The normalized spacial score (nSPS) is 21.9. The van der Waals surface area contributed by atoms with E-state index in [0.717, 1.165) is 5.56 Å². The quantitative estimate of drug-likeness (QED) is 0.836. The van der Waals surface area contributed by atoms with Crippen LogP contribution in [0.1, 0.15) is 51.9 Å². The van der Waals surface area contributed by atoms with Crippen molar-refractivity contribution < 1.29 is 14.4 Å². The molecule has 5 nitrogen and oxygen atoms in total. The van der Waals surface area contributed by atoms with Crippen LogP contribution in [0.2, 0.25) is 0 Å². The highest BCUT2D eigenvalue weighted by molar-refractivity contribution is 6.52. The van der Waals surface area contributed by atoms with Crippen LogP contribution in [0.4, 0.5) is 0 Å². The summed E-state index contributed by atoms with van der Waals surface area (Å²) in [5, 5.41) is 9.88. The highest BCUT2D eigenvalue weighted by atomic mass is 16.7. The Labute approximate surface area is 126 Å². The second kappa shape index (κ2) is 5.44. The van der Waals surface area contributed by atoms with Crippen LogP contribution in [0.25, 0.3) is 6.08 Å². The van der Waals surface area contributed by atoms with E-state index in [9.17, 15) is 5.11 Å². The van der Waals surface area contributed by atoms with Crippen LogP contribution in [0, 0.1) is 0 Å². The second-order valence-electron chi connectivity index (χ2n) is 6.45. The summed E-state index contributed by atoms with van der Waals surface area (Å²) in [4.78, 5) is 4.17. The Morgan fingerprint density at radius 3 is 2.33 bits per heavy atom. The Balaban J connectivity index is 2.11. The first kappa shape index (κ1) is 16.0. The van der Waals surface area contributed by atoms with Gasteiger partial charge in [-0.25, -0.2) is 0 Å². The topological polar surface area (TPSA) is 77.6 Å². The first-order valence-electron chi connectivity index (χ1n) is 7.11. The van der Waals surface area contributed by atoms with Crippen molar-refractivity contribution in [3.05, 3.63) is 29.5 Å². The van der Waals surface area contributed by atoms with Gasteiger partial charge in [0, 0.05) is 12.2 Å². The third-order valence-electron chi connectivity index (χ3n) is 4.07. The molecule has 0 spiro atoms. The van der Waals surface area contributed by atoms with E-state index < -0.39 is 7.12 Å². The summed E-state index contributed by atoms with van der Waals surface area (Å²) in [6.07, 6.45) is 3.49. The molecule has 1 fully saturated rings. The Kier molecular flexibility index (Phi) is 4.15. The molecule has 1 aromatic rings. The lowest BCUT2D eigenvalue weighted by Crippen LogP contribution is -2.41. The van der Waals surface area contributed by atoms with E-state index in [0.29, 0.717) is 5.69 Å². The fourth-order valence-electron chi connectivity index (χ4n) is 2.08. The van der Waals surface area contributed by atoms with Crippen LogP contribution in [0.3, 0.4) is 0 Å². The fraction of sp³-hybridized carbons (Fsp3) is 0.533. The molecule has 0 amide bonds. The number of aromatic hydroxyl groups is 1. The zero-order chi connectivity index (χ0) is 15.8. The number of hydrogen-bond acceptors (Lipinski definition) is 5. The van der Waals surface area contributed by atoms with Crippen molar-refractivity contribution in [3.63, 3.8) is 0 Å². The predicted octanol–water partition coefficient (Wildman–Crippen LogP) is 2.45. The molecule has 0 aromatic carbocycles. The molecule has 3 N–H and O–H groups in total. The number of nitrogens with zero attached hydrogens (tertiary/aromatic N) is 1. The van der Waals surface area contributed by atoms with Gasteiger partial charge < -0.3 is 20.1 Å². The molecule has 1 aromatic heterocycles. The van der Waals surface area contributed by atoms with Gasteiger partial charge in [-0.2, -0.15) is 0 Å². The van der Waals surface area contributed by atoms with Crippen LogP contribution in [0.5, 0.6) is 5.75 Å². The van der Waals surface area contributed by atoms with Gasteiger partial charge in [0.1, 0.15) is 5.75 Å². The lowest BCUT2D eigenvalue weighted by Gasteiger charge is -2.32. The van der Waals surface area contributed by atoms with Gasteiger partial charge in [0.2, 0.25) is 0 Å². The molecular weight excluding hydrogens is 267 g/mol. The molecule has 1 saturated heterocycles. The molecule has 21 heavy (non-hydrogen) atoms. The molecule has 0 radical (unpaired) electrons. The molecule has 0 saturated carbocycles. The summed E-state index contributed by atoms with van der Waals surface area (Å²) in [6.45, 7) is 9.80. The van der Waals surface area contributed by atoms with Crippen molar-refractivity contribution in [2.24, 2.45) is 5.73 Å². The summed E-state index contributed by atoms with van der Waals surface area (Å²) in [7, 11) is -0.412. The Bertz CT molecular complexity index is 540. The average molecular weight is 290 g/mol. The van der Waals surface area contributed by atoms with Gasteiger partial charge in [-0.3, -0.25) is 4.98 Å². The van der Waals surface area contributed by atoms with Gasteiger partial charge in [0.25, 0.3) is 0 Å². The Hall–Kier alpha value is -1.37. The first-order chi connectivity index (χ1) is 9.62. The van der Waals surface area contributed by atoms with Crippen LogP contribution in [-0.2, 0) is 9.31 Å². The van der Waals surface area contributed by atoms with Gasteiger partial charge in [-0.05, 0) is 46.2 Å². The number of hydrogen-bond donors (Lipinski definition) is 2. The molecule has 6 heteroatoms. The minimum absolute atomic E-state index is 0.0982. The van der Waals surface area contributed by atoms with Crippen LogP contribution in [0.15, 0.2) is 18.2 Å². The van der Waals surface area contributed by atoms with E-state index in [4.69, 9.17) is 15.0 Å². The fourth-order valence-corrected chi connectivity index (χ4v) is 2.08. The first-order valence-corrected chi connectivity index (χ1v) is 7.11. The maximum Gasteiger partial charge on any atom is 0.487 e. The van der Waals surface area contributed by atoms with E-state index in [1.807, 2.05) is 39.7 Å². The van der Waals surface area contributed by atoms with Crippen molar-refractivity contribution in [2.75, 3.05) is 0 Å². The summed E-state index contributed by atoms with van der Waals surface area (Å²) >= 11 is 0. The van der Waals surface area contributed by atoms with Gasteiger partial charge in [-0.15, -0.1) is 0 Å². The van der Waals surface area contributed by atoms with Crippen molar-refractivity contribution in [1.82, 2.24) is 4.98 Å². The molecule has 0 aliphatic carbocycles.